The number of hydrogen-bond donors (Lipinski definition) is 1. The fourth-order valence-corrected chi connectivity index (χ4v) is 2.25. The second-order valence-electron chi connectivity index (χ2n) is 4.56. The molecule has 0 aromatic heterocycles. The molecule has 3 nitrogen and oxygen atoms in total. The van der Waals surface area contributed by atoms with Crippen LogP contribution in [0.15, 0.2) is 24.3 Å². The highest BCUT2D eigenvalue weighted by atomic mass is 16.5. The Morgan fingerprint density at radius 3 is 2.47 bits per heavy atom. The molecule has 0 spiro atoms. The van der Waals surface area contributed by atoms with Gasteiger partial charge in [-0.15, -0.1) is 0 Å². The van der Waals surface area contributed by atoms with Gasteiger partial charge in [-0.1, -0.05) is 6.42 Å². The van der Waals surface area contributed by atoms with Crippen molar-refractivity contribution in [2.45, 2.75) is 19.3 Å². The SMILES string of the molecule is COc1ccc(NCCN2CCCCC2)cc1. The normalized spacial score (nSPS) is 16.8. The van der Waals surface area contributed by atoms with E-state index in [1.807, 2.05) is 12.1 Å². The third-order valence-corrected chi connectivity index (χ3v) is 3.30. The summed E-state index contributed by atoms with van der Waals surface area (Å²) in [5.74, 6) is 0.909. The second kappa shape index (κ2) is 6.50. The first-order valence-electron chi connectivity index (χ1n) is 6.49. The Labute approximate surface area is 104 Å². The number of benzene rings is 1. The van der Waals surface area contributed by atoms with E-state index in [0.717, 1.165) is 18.8 Å². The van der Waals surface area contributed by atoms with Gasteiger partial charge in [0.2, 0.25) is 0 Å². The summed E-state index contributed by atoms with van der Waals surface area (Å²) >= 11 is 0. The lowest BCUT2D eigenvalue weighted by Crippen LogP contribution is -2.33. The van der Waals surface area contributed by atoms with Crippen molar-refractivity contribution in [1.82, 2.24) is 4.90 Å². The summed E-state index contributed by atoms with van der Waals surface area (Å²) < 4.78 is 5.13. The standard InChI is InChI=1S/C14H22N2O/c1-17-14-7-5-13(6-8-14)15-9-12-16-10-3-2-4-11-16/h5-8,15H,2-4,9-12H2,1H3. The van der Waals surface area contributed by atoms with E-state index in [1.54, 1.807) is 7.11 Å². The minimum Gasteiger partial charge on any atom is -0.497 e. The average molecular weight is 234 g/mol. The average Bonchev–Trinajstić information content (AvgIpc) is 2.41. The van der Waals surface area contributed by atoms with Gasteiger partial charge in [-0.05, 0) is 50.2 Å². The predicted molar refractivity (Wildman–Crippen MR) is 71.8 cm³/mol. The second-order valence-corrected chi connectivity index (χ2v) is 4.56. The van der Waals surface area contributed by atoms with Crippen molar-refractivity contribution in [2.75, 3.05) is 38.6 Å². The molecule has 0 saturated carbocycles. The molecule has 0 amide bonds. The summed E-state index contributed by atoms with van der Waals surface area (Å²) in [5.41, 5.74) is 1.17. The van der Waals surface area contributed by atoms with Gasteiger partial charge in [-0.25, -0.2) is 0 Å². The van der Waals surface area contributed by atoms with Crippen molar-refractivity contribution < 1.29 is 4.74 Å². The molecule has 0 aliphatic carbocycles. The van der Waals surface area contributed by atoms with Crippen LogP contribution in [-0.2, 0) is 0 Å². The quantitative estimate of drug-likeness (QED) is 0.847. The molecule has 0 unspecified atom stereocenters. The van der Waals surface area contributed by atoms with Crippen LogP contribution < -0.4 is 10.1 Å². The van der Waals surface area contributed by atoms with E-state index in [1.165, 1.54) is 38.0 Å². The highest BCUT2D eigenvalue weighted by Gasteiger charge is 2.08. The maximum Gasteiger partial charge on any atom is 0.119 e. The zero-order valence-electron chi connectivity index (χ0n) is 10.6. The maximum absolute atomic E-state index is 5.13. The van der Waals surface area contributed by atoms with E-state index in [2.05, 4.69) is 22.3 Å². The molecule has 3 heteroatoms. The minimum atomic E-state index is 0.909. The largest absolute Gasteiger partial charge is 0.497 e. The van der Waals surface area contributed by atoms with Crippen LogP contribution in [-0.4, -0.2) is 38.2 Å². The van der Waals surface area contributed by atoms with E-state index in [9.17, 15) is 0 Å². The lowest BCUT2D eigenvalue weighted by molar-refractivity contribution is 0.237. The Hall–Kier alpha value is -1.22. The first-order chi connectivity index (χ1) is 8.38. The number of rotatable bonds is 5. The van der Waals surface area contributed by atoms with E-state index >= 15 is 0 Å². The molecule has 0 bridgehead atoms. The number of ether oxygens (including phenoxy) is 1. The molecule has 1 aromatic carbocycles. The van der Waals surface area contributed by atoms with Crippen molar-refractivity contribution in [1.29, 1.82) is 0 Å². The molecule has 1 aromatic rings. The van der Waals surface area contributed by atoms with E-state index < -0.39 is 0 Å². The first-order valence-corrected chi connectivity index (χ1v) is 6.49. The lowest BCUT2D eigenvalue weighted by atomic mass is 10.1. The van der Waals surface area contributed by atoms with Gasteiger partial charge >= 0.3 is 0 Å². The summed E-state index contributed by atoms with van der Waals surface area (Å²) in [7, 11) is 1.69. The Balaban J connectivity index is 1.69. The molecule has 0 radical (unpaired) electrons. The molecule has 1 heterocycles. The zero-order chi connectivity index (χ0) is 11.9. The van der Waals surface area contributed by atoms with Crippen LogP contribution in [0.1, 0.15) is 19.3 Å². The van der Waals surface area contributed by atoms with Crippen LogP contribution in [0.3, 0.4) is 0 Å². The number of nitrogens with zero attached hydrogens (tertiary/aromatic N) is 1. The van der Waals surface area contributed by atoms with Gasteiger partial charge in [-0.2, -0.15) is 0 Å². The topological polar surface area (TPSA) is 24.5 Å². The molecule has 1 N–H and O–H groups in total. The number of methoxy groups -OCH3 is 1. The monoisotopic (exact) mass is 234 g/mol. The molecule has 94 valence electrons. The van der Waals surface area contributed by atoms with Crippen molar-refractivity contribution >= 4 is 5.69 Å². The van der Waals surface area contributed by atoms with E-state index in [0.29, 0.717) is 0 Å². The number of anilines is 1. The van der Waals surface area contributed by atoms with Gasteiger partial charge < -0.3 is 15.0 Å². The fraction of sp³-hybridized carbons (Fsp3) is 0.571. The molecule has 1 aliphatic rings. The third kappa shape index (κ3) is 3.93. The highest BCUT2D eigenvalue weighted by molar-refractivity contribution is 5.46. The van der Waals surface area contributed by atoms with Crippen LogP contribution in [0.25, 0.3) is 0 Å². The molecular weight excluding hydrogens is 212 g/mol. The van der Waals surface area contributed by atoms with Gasteiger partial charge in [0.1, 0.15) is 5.75 Å². The molecular formula is C14H22N2O. The van der Waals surface area contributed by atoms with Gasteiger partial charge in [0, 0.05) is 18.8 Å². The molecule has 1 aliphatic heterocycles. The number of hydrogen-bond acceptors (Lipinski definition) is 3. The fourth-order valence-electron chi connectivity index (χ4n) is 2.25. The first kappa shape index (κ1) is 12.2. The molecule has 17 heavy (non-hydrogen) atoms. The summed E-state index contributed by atoms with van der Waals surface area (Å²) in [5, 5.41) is 3.45. The van der Waals surface area contributed by atoms with Gasteiger partial charge in [0.05, 0.1) is 7.11 Å². The Morgan fingerprint density at radius 1 is 1.12 bits per heavy atom. The molecule has 2 rings (SSSR count). The summed E-state index contributed by atoms with van der Waals surface area (Å²) in [6.45, 7) is 4.70. The number of likely N-dealkylation sites (tertiary alicyclic amines) is 1. The van der Waals surface area contributed by atoms with Crippen molar-refractivity contribution in [3.05, 3.63) is 24.3 Å². The van der Waals surface area contributed by atoms with Crippen LogP contribution in [0.5, 0.6) is 5.75 Å². The summed E-state index contributed by atoms with van der Waals surface area (Å²) in [6, 6.07) is 8.11. The van der Waals surface area contributed by atoms with Crippen molar-refractivity contribution in [3.8, 4) is 5.75 Å². The predicted octanol–water partition coefficient (Wildman–Crippen LogP) is 2.59. The zero-order valence-corrected chi connectivity index (χ0v) is 10.6. The number of piperidine rings is 1. The van der Waals surface area contributed by atoms with Crippen LogP contribution in [0.2, 0.25) is 0 Å². The van der Waals surface area contributed by atoms with Crippen molar-refractivity contribution in [2.24, 2.45) is 0 Å². The van der Waals surface area contributed by atoms with Gasteiger partial charge in [0.15, 0.2) is 0 Å². The summed E-state index contributed by atoms with van der Waals surface area (Å²) in [6.07, 6.45) is 4.13. The maximum atomic E-state index is 5.13. The third-order valence-electron chi connectivity index (χ3n) is 3.30. The van der Waals surface area contributed by atoms with Crippen LogP contribution >= 0.6 is 0 Å². The number of nitrogens with one attached hydrogen (secondary N) is 1. The van der Waals surface area contributed by atoms with Crippen LogP contribution in [0, 0.1) is 0 Å². The van der Waals surface area contributed by atoms with Crippen molar-refractivity contribution in [3.63, 3.8) is 0 Å². The van der Waals surface area contributed by atoms with Crippen LogP contribution in [0.4, 0.5) is 5.69 Å². The minimum absolute atomic E-state index is 0.909. The van der Waals surface area contributed by atoms with Gasteiger partial charge in [0.25, 0.3) is 0 Å². The Morgan fingerprint density at radius 2 is 1.82 bits per heavy atom. The Kier molecular flexibility index (Phi) is 4.68. The molecule has 1 fully saturated rings. The smallest absolute Gasteiger partial charge is 0.119 e. The highest BCUT2D eigenvalue weighted by Crippen LogP contribution is 2.15. The Bertz CT molecular complexity index is 317. The lowest BCUT2D eigenvalue weighted by Gasteiger charge is -2.26. The van der Waals surface area contributed by atoms with E-state index in [4.69, 9.17) is 4.74 Å². The van der Waals surface area contributed by atoms with Gasteiger partial charge in [-0.3, -0.25) is 0 Å². The molecule has 1 saturated heterocycles. The van der Waals surface area contributed by atoms with E-state index in [-0.39, 0.29) is 0 Å². The summed E-state index contributed by atoms with van der Waals surface area (Å²) in [4.78, 5) is 2.54. The molecule has 0 atom stereocenters.